The molecule has 0 aliphatic rings. The van der Waals surface area contributed by atoms with Crippen LogP contribution in [0.5, 0.6) is 0 Å². The van der Waals surface area contributed by atoms with Crippen molar-refractivity contribution in [3.05, 3.63) is 33.5 Å². The second-order valence-corrected chi connectivity index (χ2v) is 6.47. The number of halogens is 3. The lowest BCUT2D eigenvalue weighted by atomic mass is 10.1. The van der Waals surface area contributed by atoms with Crippen LogP contribution in [0.2, 0.25) is 0 Å². The van der Waals surface area contributed by atoms with Crippen molar-refractivity contribution < 1.29 is 27.5 Å². The van der Waals surface area contributed by atoms with Crippen LogP contribution >= 0.6 is 22.7 Å². The van der Waals surface area contributed by atoms with E-state index in [1.807, 2.05) is 0 Å². The van der Waals surface area contributed by atoms with E-state index in [2.05, 4.69) is 15.5 Å². The lowest BCUT2D eigenvalue weighted by molar-refractivity contribution is -0.0602. The maximum absolute atomic E-state index is 13.0. The summed E-state index contributed by atoms with van der Waals surface area (Å²) in [5.74, 6) is -1.31. The average Bonchev–Trinajstić information content (AvgIpc) is 3.21. The number of nitrogens with one attached hydrogen (secondary N) is 1. The molecule has 25 heavy (non-hydrogen) atoms. The van der Waals surface area contributed by atoms with Crippen molar-refractivity contribution in [1.82, 2.24) is 4.98 Å². The molecular formula is C14H12F3N3O3S2. The van der Waals surface area contributed by atoms with E-state index < -0.39 is 30.1 Å². The summed E-state index contributed by atoms with van der Waals surface area (Å²) in [5.41, 5.74) is 0.859. The highest BCUT2D eigenvalue weighted by atomic mass is 32.1. The smallest absolute Gasteiger partial charge is 0.431 e. The van der Waals surface area contributed by atoms with E-state index in [0.717, 1.165) is 22.7 Å². The van der Waals surface area contributed by atoms with E-state index in [-0.39, 0.29) is 21.5 Å². The summed E-state index contributed by atoms with van der Waals surface area (Å²) in [7, 11) is 0. The molecule has 2 heterocycles. The van der Waals surface area contributed by atoms with Crippen LogP contribution < -0.4 is 5.43 Å². The largest absolute Gasteiger partial charge is 0.462 e. The summed E-state index contributed by atoms with van der Waals surface area (Å²) < 4.78 is 43.9. The highest BCUT2D eigenvalue weighted by Crippen LogP contribution is 2.24. The Morgan fingerprint density at radius 1 is 1.36 bits per heavy atom. The van der Waals surface area contributed by atoms with Crippen molar-refractivity contribution in [3.8, 4) is 0 Å². The molecule has 0 aliphatic carbocycles. The number of rotatable bonds is 7. The number of aromatic nitrogens is 1. The number of hydrogen-bond donors (Lipinski definition) is 1. The number of hydrogen-bond acceptors (Lipinski definition) is 8. The molecule has 0 atom stereocenters. The number of esters is 1. The van der Waals surface area contributed by atoms with Crippen LogP contribution in [0.1, 0.15) is 32.7 Å². The Kier molecular flexibility index (Phi) is 6.26. The first-order chi connectivity index (χ1) is 11.8. The fourth-order valence-corrected chi connectivity index (χ4v) is 2.93. The highest BCUT2D eigenvalue weighted by Gasteiger charge is 2.37. The van der Waals surface area contributed by atoms with Gasteiger partial charge in [-0.1, -0.05) is 17.4 Å². The molecule has 0 aliphatic heterocycles. The van der Waals surface area contributed by atoms with Crippen molar-refractivity contribution in [2.45, 2.75) is 19.5 Å². The van der Waals surface area contributed by atoms with Crippen LogP contribution in [-0.2, 0) is 4.74 Å². The van der Waals surface area contributed by atoms with Gasteiger partial charge in [0.2, 0.25) is 5.13 Å². The predicted molar refractivity (Wildman–Crippen MR) is 88.4 cm³/mol. The molecule has 1 N–H and O–H groups in total. The molecule has 6 nitrogen and oxygen atoms in total. The zero-order valence-electron chi connectivity index (χ0n) is 12.8. The molecule has 0 fully saturated rings. The van der Waals surface area contributed by atoms with Gasteiger partial charge in [-0.05, 0) is 18.4 Å². The van der Waals surface area contributed by atoms with E-state index in [4.69, 9.17) is 4.74 Å². The van der Waals surface area contributed by atoms with Crippen molar-refractivity contribution in [2.75, 3.05) is 12.0 Å². The first kappa shape index (κ1) is 19.1. The Balaban J connectivity index is 2.10. The van der Waals surface area contributed by atoms with E-state index in [1.165, 1.54) is 12.3 Å². The van der Waals surface area contributed by atoms with Crippen LogP contribution in [0, 0.1) is 0 Å². The third-order valence-corrected chi connectivity index (χ3v) is 4.51. The van der Waals surface area contributed by atoms with Crippen molar-refractivity contribution in [3.63, 3.8) is 0 Å². The number of thiophene rings is 1. The molecule has 0 saturated heterocycles. The quantitative estimate of drug-likeness (QED) is 0.334. The van der Waals surface area contributed by atoms with Crippen molar-refractivity contribution in [1.29, 1.82) is 0 Å². The third-order valence-electron chi connectivity index (χ3n) is 2.72. The third kappa shape index (κ3) is 5.36. The molecule has 2 rings (SSSR count). The highest BCUT2D eigenvalue weighted by molar-refractivity contribution is 7.17. The monoisotopic (exact) mass is 391 g/mol. The Labute approximate surface area is 148 Å². The topological polar surface area (TPSA) is 80.7 Å². The standard InChI is InChI=1S/C14H12F3N3O3S2/c1-2-23-12(22)10-7-18-13(25-10)20-19-11(14(15,16)17)6-8(21)9-4-3-5-24-9/h3-5,7H,2,6H2,1H3,(H,18,20). The molecular weight excluding hydrogens is 379 g/mol. The number of alkyl halides is 3. The predicted octanol–water partition coefficient (Wildman–Crippen LogP) is 3.98. The number of nitrogens with zero attached hydrogens (tertiary/aromatic N) is 2. The molecule has 0 unspecified atom stereocenters. The number of carbonyl (C=O) groups excluding carboxylic acids is 2. The zero-order chi connectivity index (χ0) is 18.4. The summed E-state index contributed by atoms with van der Waals surface area (Å²) in [6.07, 6.45) is -4.50. The summed E-state index contributed by atoms with van der Waals surface area (Å²) in [5, 5.41) is 4.83. The SMILES string of the molecule is CCOC(=O)c1cnc(NN=C(CC(=O)c2cccs2)C(F)(F)F)s1. The number of ketones is 1. The van der Waals surface area contributed by atoms with Gasteiger partial charge in [-0.25, -0.2) is 9.78 Å². The van der Waals surface area contributed by atoms with Crippen LogP contribution in [0.15, 0.2) is 28.8 Å². The molecule has 0 spiro atoms. The van der Waals surface area contributed by atoms with Crippen LogP contribution in [0.25, 0.3) is 0 Å². The zero-order valence-corrected chi connectivity index (χ0v) is 14.4. The summed E-state index contributed by atoms with van der Waals surface area (Å²) in [4.78, 5) is 27.5. The lowest BCUT2D eigenvalue weighted by Crippen LogP contribution is -2.26. The Bertz CT molecular complexity index is 770. The fourth-order valence-electron chi connectivity index (χ4n) is 1.62. The molecule has 134 valence electrons. The van der Waals surface area contributed by atoms with Gasteiger partial charge >= 0.3 is 12.1 Å². The van der Waals surface area contributed by atoms with Crippen LogP contribution in [0.4, 0.5) is 18.3 Å². The molecule has 0 radical (unpaired) electrons. The van der Waals surface area contributed by atoms with Gasteiger partial charge in [-0.3, -0.25) is 10.2 Å². The van der Waals surface area contributed by atoms with Crippen LogP contribution in [-0.4, -0.2) is 35.2 Å². The van der Waals surface area contributed by atoms with E-state index in [0.29, 0.717) is 0 Å². The van der Waals surface area contributed by atoms with Gasteiger partial charge < -0.3 is 4.74 Å². The Morgan fingerprint density at radius 2 is 2.12 bits per heavy atom. The first-order valence-corrected chi connectivity index (χ1v) is 8.60. The van der Waals surface area contributed by atoms with Crippen molar-refractivity contribution in [2.24, 2.45) is 5.10 Å². The number of ether oxygens (including phenoxy) is 1. The van der Waals surface area contributed by atoms with Gasteiger partial charge in [-0.15, -0.1) is 11.3 Å². The number of hydrazone groups is 1. The second kappa shape index (κ2) is 8.21. The van der Waals surface area contributed by atoms with Gasteiger partial charge in [0.15, 0.2) is 5.78 Å². The Hall–Kier alpha value is -2.27. The molecule has 2 aromatic rings. The van der Waals surface area contributed by atoms with Gasteiger partial charge in [0, 0.05) is 0 Å². The number of thiazole rings is 1. The molecule has 11 heteroatoms. The van der Waals surface area contributed by atoms with Gasteiger partial charge in [0.05, 0.1) is 24.1 Å². The summed E-state index contributed by atoms with van der Waals surface area (Å²) in [6, 6.07) is 3.02. The van der Waals surface area contributed by atoms with Crippen LogP contribution in [0.3, 0.4) is 0 Å². The minimum absolute atomic E-state index is 0.0200. The van der Waals surface area contributed by atoms with E-state index >= 15 is 0 Å². The molecule has 0 amide bonds. The lowest BCUT2D eigenvalue weighted by Gasteiger charge is -2.09. The molecule has 2 aromatic heterocycles. The van der Waals surface area contributed by atoms with Gasteiger partial charge in [0.25, 0.3) is 0 Å². The maximum Gasteiger partial charge on any atom is 0.431 e. The normalized spacial score (nSPS) is 12.1. The fraction of sp³-hybridized carbons (Fsp3) is 0.286. The number of Topliss-reactive ketones (excluding diaryl/α,β-unsaturated/α-hetero) is 1. The summed E-state index contributed by atoms with van der Waals surface area (Å²) in [6.45, 7) is 1.79. The van der Waals surface area contributed by atoms with E-state index in [1.54, 1.807) is 18.4 Å². The first-order valence-electron chi connectivity index (χ1n) is 6.90. The number of carbonyl (C=O) groups is 2. The second-order valence-electron chi connectivity index (χ2n) is 4.50. The molecule has 0 aromatic carbocycles. The average molecular weight is 391 g/mol. The minimum Gasteiger partial charge on any atom is -0.462 e. The van der Waals surface area contributed by atoms with Crippen molar-refractivity contribution >= 4 is 45.3 Å². The van der Waals surface area contributed by atoms with E-state index in [9.17, 15) is 22.8 Å². The summed E-state index contributed by atoms with van der Waals surface area (Å²) >= 11 is 1.85. The Morgan fingerprint density at radius 3 is 2.72 bits per heavy atom. The molecule has 0 bridgehead atoms. The van der Waals surface area contributed by atoms with Gasteiger partial charge in [0.1, 0.15) is 10.6 Å². The van der Waals surface area contributed by atoms with Gasteiger partial charge in [-0.2, -0.15) is 18.3 Å². The minimum atomic E-state index is -4.78. The maximum atomic E-state index is 13.0. The number of anilines is 1. The molecule has 0 saturated carbocycles.